The van der Waals surface area contributed by atoms with Crippen molar-refractivity contribution in [1.82, 2.24) is 5.32 Å². The Morgan fingerprint density at radius 3 is 2.19 bits per heavy atom. The highest BCUT2D eigenvalue weighted by molar-refractivity contribution is 5.46. The van der Waals surface area contributed by atoms with Gasteiger partial charge in [0.05, 0.1) is 6.10 Å². The minimum Gasteiger partial charge on any atom is -0.387 e. The van der Waals surface area contributed by atoms with Crippen LogP contribution in [0.1, 0.15) is 25.5 Å². The van der Waals surface area contributed by atoms with E-state index in [1.54, 1.807) is 0 Å². The average Bonchev–Trinajstić information content (AvgIpc) is 2.26. The number of anilines is 1. The molecular formula is C13H22N2O. The standard InChI is InChI=1S/C13H22N2O/c1-10(2)14-9-13(16)11-5-7-12(8-6-11)15(3)4/h5-8,10,13-14,16H,9H2,1-4H3. The minimum atomic E-state index is -0.432. The van der Waals surface area contributed by atoms with Crippen LogP contribution >= 0.6 is 0 Å². The van der Waals surface area contributed by atoms with E-state index >= 15 is 0 Å². The Morgan fingerprint density at radius 2 is 1.75 bits per heavy atom. The number of hydrogen-bond donors (Lipinski definition) is 2. The Morgan fingerprint density at radius 1 is 1.19 bits per heavy atom. The summed E-state index contributed by atoms with van der Waals surface area (Å²) < 4.78 is 0. The lowest BCUT2D eigenvalue weighted by Crippen LogP contribution is -2.27. The molecular weight excluding hydrogens is 200 g/mol. The summed E-state index contributed by atoms with van der Waals surface area (Å²) in [6.07, 6.45) is -0.432. The maximum atomic E-state index is 9.92. The molecule has 1 aromatic rings. The summed E-state index contributed by atoms with van der Waals surface area (Å²) in [5, 5.41) is 13.1. The van der Waals surface area contributed by atoms with Gasteiger partial charge in [0.15, 0.2) is 0 Å². The maximum absolute atomic E-state index is 9.92. The molecule has 3 nitrogen and oxygen atoms in total. The van der Waals surface area contributed by atoms with E-state index in [9.17, 15) is 5.11 Å². The van der Waals surface area contributed by atoms with Crippen LogP contribution < -0.4 is 10.2 Å². The van der Waals surface area contributed by atoms with Gasteiger partial charge < -0.3 is 15.3 Å². The molecule has 0 bridgehead atoms. The first-order valence-corrected chi connectivity index (χ1v) is 5.69. The zero-order chi connectivity index (χ0) is 12.1. The number of hydrogen-bond acceptors (Lipinski definition) is 3. The summed E-state index contributed by atoms with van der Waals surface area (Å²) in [6, 6.07) is 8.39. The molecule has 2 N–H and O–H groups in total. The van der Waals surface area contributed by atoms with Gasteiger partial charge in [0.2, 0.25) is 0 Å². The molecule has 16 heavy (non-hydrogen) atoms. The number of aliphatic hydroxyl groups excluding tert-OH is 1. The van der Waals surface area contributed by atoms with E-state index in [1.165, 1.54) is 0 Å². The van der Waals surface area contributed by atoms with Gasteiger partial charge in [0.1, 0.15) is 0 Å². The predicted molar refractivity (Wildman–Crippen MR) is 68.9 cm³/mol. The molecule has 1 atom stereocenters. The topological polar surface area (TPSA) is 35.5 Å². The van der Waals surface area contributed by atoms with Crippen LogP contribution in [-0.4, -0.2) is 31.8 Å². The fourth-order valence-electron chi connectivity index (χ4n) is 1.46. The van der Waals surface area contributed by atoms with Gasteiger partial charge in [-0.3, -0.25) is 0 Å². The molecule has 0 fully saturated rings. The number of nitrogens with zero attached hydrogens (tertiary/aromatic N) is 1. The fourth-order valence-corrected chi connectivity index (χ4v) is 1.46. The lowest BCUT2D eigenvalue weighted by molar-refractivity contribution is 0.171. The van der Waals surface area contributed by atoms with Crippen LogP contribution in [0.2, 0.25) is 0 Å². The summed E-state index contributed by atoms with van der Waals surface area (Å²) in [7, 11) is 4.01. The fraction of sp³-hybridized carbons (Fsp3) is 0.538. The minimum absolute atomic E-state index is 0.399. The van der Waals surface area contributed by atoms with Crippen molar-refractivity contribution in [1.29, 1.82) is 0 Å². The monoisotopic (exact) mass is 222 g/mol. The molecule has 0 aliphatic rings. The third-order valence-electron chi connectivity index (χ3n) is 2.51. The molecule has 1 rings (SSSR count). The maximum Gasteiger partial charge on any atom is 0.0914 e. The highest BCUT2D eigenvalue weighted by Gasteiger charge is 2.07. The average molecular weight is 222 g/mol. The van der Waals surface area contributed by atoms with Crippen LogP contribution in [0.15, 0.2) is 24.3 Å². The van der Waals surface area contributed by atoms with E-state index in [-0.39, 0.29) is 0 Å². The Labute approximate surface area is 98.1 Å². The van der Waals surface area contributed by atoms with E-state index < -0.39 is 6.10 Å². The number of benzene rings is 1. The molecule has 3 heteroatoms. The van der Waals surface area contributed by atoms with Gasteiger partial charge in [0.25, 0.3) is 0 Å². The van der Waals surface area contributed by atoms with E-state index in [4.69, 9.17) is 0 Å². The molecule has 0 aliphatic heterocycles. The Bertz CT molecular complexity index is 306. The van der Waals surface area contributed by atoms with Crippen LogP contribution in [0.3, 0.4) is 0 Å². The Hall–Kier alpha value is -1.06. The molecule has 0 aliphatic carbocycles. The molecule has 0 spiro atoms. The third-order valence-corrected chi connectivity index (χ3v) is 2.51. The highest BCUT2D eigenvalue weighted by Crippen LogP contribution is 2.17. The van der Waals surface area contributed by atoms with Crippen molar-refractivity contribution in [2.75, 3.05) is 25.5 Å². The number of rotatable bonds is 5. The first kappa shape index (κ1) is 13.0. The van der Waals surface area contributed by atoms with Gasteiger partial charge in [-0.25, -0.2) is 0 Å². The van der Waals surface area contributed by atoms with Gasteiger partial charge in [-0.1, -0.05) is 26.0 Å². The highest BCUT2D eigenvalue weighted by atomic mass is 16.3. The zero-order valence-corrected chi connectivity index (χ0v) is 10.6. The second kappa shape index (κ2) is 5.87. The zero-order valence-electron chi connectivity index (χ0n) is 10.6. The van der Waals surface area contributed by atoms with E-state index in [0.717, 1.165) is 11.3 Å². The van der Waals surface area contributed by atoms with Crippen LogP contribution in [0, 0.1) is 0 Å². The second-order valence-corrected chi connectivity index (χ2v) is 4.56. The molecule has 0 heterocycles. The summed E-state index contributed by atoms with van der Waals surface area (Å²) in [6.45, 7) is 4.74. The quantitative estimate of drug-likeness (QED) is 0.797. The lowest BCUT2D eigenvalue weighted by Gasteiger charge is -2.16. The van der Waals surface area contributed by atoms with Crippen molar-refractivity contribution < 1.29 is 5.11 Å². The van der Waals surface area contributed by atoms with Crippen LogP contribution in [0.5, 0.6) is 0 Å². The lowest BCUT2D eigenvalue weighted by atomic mass is 10.1. The molecule has 0 saturated heterocycles. The predicted octanol–water partition coefficient (Wildman–Crippen LogP) is 1.78. The van der Waals surface area contributed by atoms with Crippen LogP contribution in [0.25, 0.3) is 0 Å². The van der Waals surface area contributed by atoms with Crippen molar-refractivity contribution >= 4 is 5.69 Å². The molecule has 0 saturated carbocycles. The molecule has 90 valence electrons. The van der Waals surface area contributed by atoms with E-state index in [0.29, 0.717) is 12.6 Å². The molecule has 0 radical (unpaired) electrons. The molecule has 1 aromatic carbocycles. The third kappa shape index (κ3) is 3.83. The van der Waals surface area contributed by atoms with Gasteiger partial charge >= 0.3 is 0 Å². The summed E-state index contributed by atoms with van der Waals surface area (Å²) >= 11 is 0. The first-order valence-electron chi connectivity index (χ1n) is 5.69. The summed E-state index contributed by atoms with van der Waals surface area (Å²) in [5.41, 5.74) is 2.10. The van der Waals surface area contributed by atoms with Gasteiger partial charge in [0, 0.05) is 32.4 Å². The number of nitrogens with one attached hydrogen (secondary N) is 1. The van der Waals surface area contributed by atoms with Crippen LogP contribution in [-0.2, 0) is 0 Å². The van der Waals surface area contributed by atoms with Crippen molar-refractivity contribution in [2.45, 2.75) is 26.0 Å². The second-order valence-electron chi connectivity index (χ2n) is 4.56. The first-order chi connectivity index (χ1) is 7.50. The van der Waals surface area contributed by atoms with Crippen molar-refractivity contribution in [3.05, 3.63) is 29.8 Å². The largest absolute Gasteiger partial charge is 0.387 e. The van der Waals surface area contributed by atoms with Crippen LogP contribution in [0.4, 0.5) is 5.69 Å². The van der Waals surface area contributed by atoms with Crippen molar-refractivity contribution in [3.63, 3.8) is 0 Å². The number of aliphatic hydroxyl groups is 1. The van der Waals surface area contributed by atoms with Crippen molar-refractivity contribution in [2.24, 2.45) is 0 Å². The molecule has 0 amide bonds. The van der Waals surface area contributed by atoms with Crippen molar-refractivity contribution in [3.8, 4) is 0 Å². The SMILES string of the molecule is CC(C)NCC(O)c1ccc(N(C)C)cc1. The van der Waals surface area contributed by atoms with E-state index in [2.05, 4.69) is 19.2 Å². The Kier molecular flexibility index (Phi) is 4.77. The molecule has 1 unspecified atom stereocenters. The summed E-state index contributed by atoms with van der Waals surface area (Å²) in [5.74, 6) is 0. The Balaban J connectivity index is 2.59. The van der Waals surface area contributed by atoms with Gasteiger partial charge in [-0.2, -0.15) is 0 Å². The smallest absolute Gasteiger partial charge is 0.0914 e. The summed E-state index contributed by atoms with van der Waals surface area (Å²) in [4.78, 5) is 2.04. The molecule has 0 aromatic heterocycles. The normalized spacial score (nSPS) is 12.9. The van der Waals surface area contributed by atoms with Gasteiger partial charge in [-0.05, 0) is 17.7 Å². The van der Waals surface area contributed by atoms with Gasteiger partial charge in [-0.15, -0.1) is 0 Å². The van der Waals surface area contributed by atoms with E-state index in [1.807, 2.05) is 43.3 Å².